The zero-order valence-electron chi connectivity index (χ0n) is 7.92. The number of benzene rings is 1. The molecule has 0 heterocycles. The van der Waals surface area contributed by atoms with E-state index in [4.69, 9.17) is 5.11 Å². The van der Waals surface area contributed by atoms with E-state index in [9.17, 15) is 10.0 Å². The first-order valence-electron chi connectivity index (χ1n) is 4.35. The van der Waals surface area contributed by atoms with Gasteiger partial charge in [0.05, 0.1) is 12.6 Å². The van der Waals surface area contributed by atoms with Crippen molar-refractivity contribution in [1.29, 1.82) is 0 Å². The topological polar surface area (TPSA) is 60.8 Å². The smallest absolute Gasteiger partial charge is 0.277 e. The third kappa shape index (κ3) is 2.83. The van der Waals surface area contributed by atoms with Gasteiger partial charge < -0.3 is 5.11 Å². The van der Waals surface area contributed by atoms with Crippen molar-refractivity contribution in [2.24, 2.45) is 0 Å². The average molecular weight is 195 g/mol. The van der Waals surface area contributed by atoms with Crippen molar-refractivity contribution in [3.63, 3.8) is 0 Å². The predicted octanol–water partition coefficient (Wildman–Crippen LogP) is 0.899. The maximum Gasteiger partial charge on any atom is 0.277 e. The summed E-state index contributed by atoms with van der Waals surface area (Å²) >= 11 is 0. The van der Waals surface area contributed by atoms with Crippen molar-refractivity contribution >= 4 is 5.91 Å². The van der Waals surface area contributed by atoms with E-state index in [1.165, 1.54) is 6.92 Å². The molecule has 0 bridgehead atoms. The van der Waals surface area contributed by atoms with Crippen LogP contribution < -0.4 is 0 Å². The Bertz CT molecular complexity index is 297. The summed E-state index contributed by atoms with van der Waals surface area (Å²) < 4.78 is 0. The highest BCUT2D eigenvalue weighted by molar-refractivity contribution is 5.93. The van der Waals surface area contributed by atoms with E-state index in [1.54, 1.807) is 30.3 Å². The van der Waals surface area contributed by atoms with Crippen LogP contribution in [0.2, 0.25) is 0 Å². The van der Waals surface area contributed by atoms with Gasteiger partial charge in [0.25, 0.3) is 5.91 Å². The van der Waals surface area contributed by atoms with Gasteiger partial charge in [-0.2, -0.15) is 0 Å². The van der Waals surface area contributed by atoms with Crippen molar-refractivity contribution in [3.8, 4) is 0 Å². The molecular formula is C10H13NO3. The summed E-state index contributed by atoms with van der Waals surface area (Å²) in [5, 5.41) is 18.7. The van der Waals surface area contributed by atoms with Crippen LogP contribution in [0, 0.1) is 0 Å². The molecule has 0 saturated carbocycles. The molecule has 0 spiro atoms. The quantitative estimate of drug-likeness (QED) is 0.556. The number of nitrogens with zero attached hydrogens (tertiary/aromatic N) is 1. The van der Waals surface area contributed by atoms with E-state index in [2.05, 4.69) is 0 Å². The molecule has 0 fully saturated rings. The van der Waals surface area contributed by atoms with Gasteiger partial charge in [-0.15, -0.1) is 0 Å². The molecule has 4 heteroatoms. The number of carbonyl (C=O) groups is 1. The highest BCUT2D eigenvalue weighted by atomic mass is 16.5. The molecule has 4 nitrogen and oxygen atoms in total. The monoisotopic (exact) mass is 195 g/mol. The van der Waals surface area contributed by atoms with E-state index in [0.29, 0.717) is 10.6 Å². The second kappa shape index (κ2) is 4.74. The molecule has 1 aromatic rings. The zero-order valence-corrected chi connectivity index (χ0v) is 7.92. The highest BCUT2D eigenvalue weighted by Gasteiger charge is 2.14. The Morgan fingerprint density at radius 2 is 2.00 bits per heavy atom. The first-order chi connectivity index (χ1) is 6.61. The minimum absolute atomic E-state index is 0.0896. The number of hydroxylamine groups is 2. The summed E-state index contributed by atoms with van der Waals surface area (Å²) in [5.74, 6) is -0.508. The van der Waals surface area contributed by atoms with Crippen molar-refractivity contribution in [2.45, 2.75) is 13.0 Å². The molecule has 0 aliphatic carbocycles. The lowest BCUT2D eigenvalue weighted by molar-refractivity contribution is -0.0768. The highest BCUT2D eigenvalue weighted by Crippen LogP contribution is 2.03. The standard InChI is InChI=1S/C10H13NO3/c1-8(12)7-11(14)10(13)9-5-3-2-4-6-9/h2-6,8,12,14H,7H2,1H3/t8-/m0/s1. The van der Waals surface area contributed by atoms with Crippen LogP contribution >= 0.6 is 0 Å². The summed E-state index contributed by atoms with van der Waals surface area (Å²) in [4.78, 5) is 11.4. The molecule has 1 aromatic carbocycles. The Morgan fingerprint density at radius 3 is 2.50 bits per heavy atom. The fourth-order valence-electron chi connectivity index (χ4n) is 1.06. The molecule has 0 radical (unpaired) electrons. The fraction of sp³-hybridized carbons (Fsp3) is 0.300. The van der Waals surface area contributed by atoms with Gasteiger partial charge in [0.2, 0.25) is 0 Å². The molecular weight excluding hydrogens is 182 g/mol. The van der Waals surface area contributed by atoms with Crippen molar-refractivity contribution < 1.29 is 15.1 Å². The van der Waals surface area contributed by atoms with E-state index in [0.717, 1.165) is 0 Å². The zero-order chi connectivity index (χ0) is 10.6. The number of amides is 1. The Morgan fingerprint density at radius 1 is 1.43 bits per heavy atom. The lowest BCUT2D eigenvalue weighted by Gasteiger charge is -2.16. The van der Waals surface area contributed by atoms with Gasteiger partial charge in [-0.3, -0.25) is 10.0 Å². The van der Waals surface area contributed by atoms with Gasteiger partial charge >= 0.3 is 0 Å². The van der Waals surface area contributed by atoms with E-state index in [-0.39, 0.29) is 6.54 Å². The molecule has 1 rings (SSSR count). The van der Waals surface area contributed by atoms with Crippen LogP contribution in [0.5, 0.6) is 0 Å². The average Bonchev–Trinajstić information content (AvgIpc) is 2.17. The van der Waals surface area contributed by atoms with Gasteiger partial charge in [0, 0.05) is 5.56 Å². The minimum Gasteiger partial charge on any atom is -0.391 e. The van der Waals surface area contributed by atoms with Crippen molar-refractivity contribution in [3.05, 3.63) is 35.9 Å². The number of hydrogen-bond acceptors (Lipinski definition) is 3. The van der Waals surface area contributed by atoms with Crippen LogP contribution in [0.15, 0.2) is 30.3 Å². The lowest BCUT2D eigenvalue weighted by Crippen LogP contribution is -2.33. The predicted molar refractivity (Wildman–Crippen MR) is 50.9 cm³/mol. The SMILES string of the molecule is C[C@H](O)CN(O)C(=O)c1ccccc1. The fourth-order valence-corrected chi connectivity index (χ4v) is 1.06. The number of carbonyl (C=O) groups excluding carboxylic acids is 1. The molecule has 0 aliphatic heterocycles. The molecule has 0 aliphatic rings. The maximum absolute atomic E-state index is 11.4. The maximum atomic E-state index is 11.4. The number of aliphatic hydroxyl groups excluding tert-OH is 1. The molecule has 1 atom stereocenters. The normalized spacial score (nSPS) is 12.2. The first kappa shape index (κ1) is 10.7. The number of hydrogen-bond donors (Lipinski definition) is 2. The van der Waals surface area contributed by atoms with Crippen LogP contribution in [0.25, 0.3) is 0 Å². The third-order valence-corrected chi connectivity index (χ3v) is 1.69. The molecule has 0 aromatic heterocycles. The van der Waals surface area contributed by atoms with E-state index in [1.807, 2.05) is 0 Å². The largest absolute Gasteiger partial charge is 0.391 e. The van der Waals surface area contributed by atoms with Crippen LogP contribution in [-0.2, 0) is 0 Å². The van der Waals surface area contributed by atoms with Crippen LogP contribution in [0.1, 0.15) is 17.3 Å². The Hall–Kier alpha value is -1.39. The molecule has 14 heavy (non-hydrogen) atoms. The third-order valence-electron chi connectivity index (χ3n) is 1.69. The van der Waals surface area contributed by atoms with Crippen LogP contribution in [-0.4, -0.2) is 33.9 Å². The van der Waals surface area contributed by atoms with Crippen molar-refractivity contribution in [1.82, 2.24) is 5.06 Å². The van der Waals surface area contributed by atoms with Gasteiger partial charge in [0.15, 0.2) is 0 Å². The Kier molecular flexibility index (Phi) is 3.62. The van der Waals surface area contributed by atoms with Crippen LogP contribution in [0.4, 0.5) is 0 Å². The first-order valence-corrected chi connectivity index (χ1v) is 4.35. The second-order valence-corrected chi connectivity index (χ2v) is 3.10. The molecule has 1 amide bonds. The van der Waals surface area contributed by atoms with Gasteiger partial charge in [-0.05, 0) is 19.1 Å². The Balaban J connectivity index is 2.66. The van der Waals surface area contributed by atoms with E-state index < -0.39 is 12.0 Å². The summed E-state index contributed by atoms with van der Waals surface area (Å²) in [5.41, 5.74) is 0.399. The summed E-state index contributed by atoms with van der Waals surface area (Å²) in [6.45, 7) is 1.41. The molecule has 76 valence electrons. The summed E-state index contributed by atoms with van der Waals surface area (Å²) in [6.07, 6.45) is -0.743. The lowest BCUT2D eigenvalue weighted by atomic mass is 10.2. The van der Waals surface area contributed by atoms with E-state index >= 15 is 0 Å². The van der Waals surface area contributed by atoms with Crippen LogP contribution in [0.3, 0.4) is 0 Å². The second-order valence-electron chi connectivity index (χ2n) is 3.10. The number of aliphatic hydroxyl groups is 1. The van der Waals surface area contributed by atoms with Crippen molar-refractivity contribution in [2.75, 3.05) is 6.54 Å². The molecule has 0 saturated heterocycles. The summed E-state index contributed by atoms with van der Waals surface area (Å²) in [7, 11) is 0. The van der Waals surface area contributed by atoms with Gasteiger partial charge in [0.1, 0.15) is 0 Å². The molecule has 2 N–H and O–H groups in total. The number of rotatable bonds is 3. The minimum atomic E-state index is -0.743. The Labute approximate surface area is 82.4 Å². The summed E-state index contributed by atoms with van der Waals surface area (Å²) in [6, 6.07) is 8.42. The van der Waals surface area contributed by atoms with Gasteiger partial charge in [-0.25, -0.2) is 5.06 Å². The van der Waals surface area contributed by atoms with Gasteiger partial charge in [-0.1, -0.05) is 18.2 Å². The molecule has 0 unspecified atom stereocenters.